The summed E-state index contributed by atoms with van der Waals surface area (Å²) in [5, 5.41) is 3.91. The largest absolute Gasteiger partial charge is 0.464 e. The number of hydrogen-bond donors (Lipinski definition) is 1. The average Bonchev–Trinajstić information content (AvgIpc) is 2.22. The van der Waals surface area contributed by atoms with Gasteiger partial charge in [-0.05, 0) is 24.7 Å². The highest BCUT2D eigenvalue weighted by Gasteiger charge is 2.04. The zero-order valence-corrected chi connectivity index (χ0v) is 10.4. The summed E-state index contributed by atoms with van der Waals surface area (Å²) in [4.78, 5) is 11.0. The van der Waals surface area contributed by atoms with Crippen LogP contribution in [0, 0.1) is 0 Å². The van der Waals surface area contributed by atoms with Crippen LogP contribution in [0.3, 0.4) is 0 Å². The fourth-order valence-electron chi connectivity index (χ4n) is 1.19. The summed E-state index contributed by atoms with van der Waals surface area (Å²) in [6.07, 6.45) is 0.589. The first kappa shape index (κ1) is 13.3. The highest BCUT2D eigenvalue weighted by atomic mass is 35.5. The molecule has 0 aliphatic rings. The van der Waals surface area contributed by atoms with Crippen molar-refractivity contribution < 1.29 is 9.53 Å². The Hall–Kier alpha value is -0.770. The van der Waals surface area contributed by atoms with E-state index in [1.165, 1.54) is 0 Å². The van der Waals surface area contributed by atoms with E-state index in [4.69, 9.17) is 27.9 Å². The zero-order valence-electron chi connectivity index (χ0n) is 8.93. The number of nitrogens with one attached hydrogen (secondary N) is 1. The summed E-state index contributed by atoms with van der Waals surface area (Å²) < 4.78 is 4.98. The molecule has 0 heterocycles. The number of esters is 1. The minimum atomic E-state index is -0.271. The molecular formula is C11H13Cl2NO2. The topological polar surface area (TPSA) is 38.3 Å². The molecule has 88 valence electrons. The van der Waals surface area contributed by atoms with Gasteiger partial charge in [0.05, 0.1) is 13.2 Å². The second kappa shape index (κ2) is 6.74. The number of likely N-dealkylation sites (N-methyl/N-ethyl adjacent to an activating group) is 1. The van der Waals surface area contributed by atoms with Gasteiger partial charge in [0.15, 0.2) is 0 Å². The number of benzene rings is 1. The van der Waals surface area contributed by atoms with Gasteiger partial charge in [-0.1, -0.05) is 29.3 Å². The molecule has 0 aliphatic carbocycles. The van der Waals surface area contributed by atoms with Gasteiger partial charge >= 0.3 is 5.97 Å². The summed E-state index contributed by atoms with van der Waals surface area (Å²) in [5.74, 6) is -0.271. The Morgan fingerprint density at radius 1 is 1.44 bits per heavy atom. The van der Waals surface area contributed by atoms with Crippen molar-refractivity contribution in [2.75, 3.05) is 20.2 Å². The van der Waals surface area contributed by atoms with Gasteiger partial charge in [0, 0.05) is 16.5 Å². The van der Waals surface area contributed by atoms with E-state index in [9.17, 15) is 4.79 Å². The lowest BCUT2D eigenvalue weighted by Crippen LogP contribution is -2.21. The van der Waals surface area contributed by atoms with Crippen molar-refractivity contribution in [3.8, 4) is 0 Å². The van der Waals surface area contributed by atoms with E-state index in [2.05, 4.69) is 5.32 Å². The molecule has 0 aliphatic heterocycles. The molecule has 5 heteroatoms. The lowest BCUT2D eigenvalue weighted by atomic mass is 10.2. The SMILES string of the molecule is CNCC(=O)OCCc1ccc(Cl)cc1Cl. The molecule has 0 saturated heterocycles. The Bertz CT molecular complexity index is 369. The Kier molecular flexibility index (Phi) is 5.60. The third kappa shape index (κ3) is 4.39. The smallest absolute Gasteiger partial charge is 0.319 e. The van der Waals surface area contributed by atoms with Gasteiger partial charge in [-0.2, -0.15) is 0 Å². The normalized spacial score (nSPS) is 10.2. The van der Waals surface area contributed by atoms with E-state index in [0.29, 0.717) is 23.1 Å². The van der Waals surface area contributed by atoms with Crippen molar-refractivity contribution in [1.29, 1.82) is 0 Å². The van der Waals surface area contributed by atoms with Crippen LogP contribution in [0.1, 0.15) is 5.56 Å². The molecule has 1 rings (SSSR count). The molecule has 0 atom stereocenters. The lowest BCUT2D eigenvalue weighted by Gasteiger charge is -2.06. The second-order valence-corrected chi connectivity index (χ2v) is 4.08. The quantitative estimate of drug-likeness (QED) is 0.827. The van der Waals surface area contributed by atoms with Crippen LogP contribution >= 0.6 is 23.2 Å². The van der Waals surface area contributed by atoms with Gasteiger partial charge in [0.2, 0.25) is 0 Å². The molecule has 0 amide bonds. The number of carbonyl (C=O) groups excluding carboxylic acids is 1. The van der Waals surface area contributed by atoms with Crippen molar-refractivity contribution in [2.45, 2.75) is 6.42 Å². The van der Waals surface area contributed by atoms with Crippen LogP contribution in [0.2, 0.25) is 10.0 Å². The van der Waals surface area contributed by atoms with E-state index < -0.39 is 0 Å². The minimum Gasteiger partial charge on any atom is -0.464 e. The predicted octanol–water partition coefficient (Wildman–Crippen LogP) is 2.30. The monoisotopic (exact) mass is 261 g/mol. The van der Waals surface area contributed by atoms with Crippen LogP contribution < -0.4 is 5.32 Å². The van der Waals surface area contributed by atoms with Crippen molar-refractivity contribution in [2.24, 2.45) is 0 Å². The molecule has 0 fully saturated rings. The summed E-state index contributed by atoms with van der Waals surface area (Å²) in [6.45, 7) is 0.538. The van der Waals surface area contributed by atoms with Crippen LogP contribution in [0.5, 0.6) is 0 Å². The molecule has 1 aromatic rings. The van der Waals surface area contributed by atoms with Crippen molar-refractivity contribution in [3.05, 3.63) is 33.8 Å². The van der Waals surface area contributed by atoms with E-state index >= 15 is 0 Å². The van der Waals surface area contributed by atoms with E-state index in [0.717, 1.165) is 5.56 Å². The Morgan fingerprint density at radius 3 is 2.81 bits per heavy atom. The molecule has 0 radical (unpaired) electrons. The van der Waals surface area contributed by atoms with E-state index in [-0.39, 0.29) is 12.5 Å². The number of ether oxygens (including phenoxy) is 1. The Balaban J connectivity index is 2.40. The van der Waals surface area contributed by atoms with Gasteiger partial charge in [-0.25, -0.2) is 0 Å². The molecule has 1 aromatic carbocycles. The van der Waals surface area contributed by atoms with Crippen molar-refractivity contribution >= 4 is 29.2 Å². The van der Waals surface area contributed by atoms with E-state index in [1.54, 1.807) is 19.2 Å². The van der Waals surface area contributed by atoms with Gasteiger partial charge in [-0.15, -0.1) is 0 Å². The summed E-state index contributed by atoms with van der Waals surface area (Å²) in [7, 11) is 1.69. The first-order valence-corrected chi connectivity index (χ1v) is 5.63. The van der Waals surface area contributed by atoms with Gasteiger partial charge < -0.3 is 10.1 Å². The van der Waals surface area contributed by atoms with Crippen molar-refractivity contribution in [1.82, 2.24) is 5.32 Å². The Labute approximate surface area is 105 Å². The van der Waals surface area contributed by atoms with Crippen molar-refractivity contribution in [3.63, 3.8) is 0 Å². The van der Waals surface area contributed by atoms with Gasteiger partial charge in [-0.3, -0.25) is 4.79 Å². The summed E-state index contributed by atoms with van der Waals surface area (Å²) >= 11 is 11.7. The molecule has 0 spiro atoms. The van der Waals surface area contributed by atoms with Crippen LogP contribution in [0.15, 0.2) is 18.2 Å². The molecule has 16 heavy (non-hydrogen) atoms. The fraction of sp³-hybridized carbons (Fsp3) is 0.364. The van der Waals surface area contributed by atoms with E-state index in [1.807, 2.05) is 6.07 Å². The molecule has 1 N–H and O–H groups in total. The standard InChI is InChI=1S/C11H13Cl2NO2/c1-14-7-11(15)16-5-4-8-2-3-9(12)6-10(8)13/h2-3,6,14H,4-5,7H2,1H3. The van der Waals surface area contributed by atoms with Crippen LogP contribution in [-0.2, 0) is 16.0 Å². The van der Waals surface area contributed by atoms with Gasteiger partial charge in [0.25, 0.3) is 0 Å². The maximum atomic E-state index is 11.0. The van der Waals surface area contributed by atoms with Crippen LogP contribution in [0.4, 0.5) is 0 Å². The molecule has 0 saturated carbocycles. The third-order valence-electron chi connectivity index (χ3n) is 1.97. The summed E-state index contributed by atoms with van der Waals surface area (Å²) in [6, 6.07) is 5.27. The first-order valence-electron chi connectivity index (χ1n) is 4.87. The second-order valence-electron chi connectivity index (χ2n) is 3.24. The minimum absolute atomic E-state index is 0.217. The fourth-order valence-corrected chi connectivity index (χ4v) is 1.70. The third-order valence-corrected chi connectivity index (χ3v) is 2.56. The average molecular weight is 262 g/mol. The number of hydrogen-bond acceptors (Lipinski definition) is 3. The predicted molar refractivity (Wildman–Crippen MR) is 65.1 cm³/mol. The maximum absolute atomic E-state index is 11.0. The molecule has 0 aromatic heterocycles. The van der Waals surface area contributed by atoms with Crippen LogP contribution in [0.25, 0.3) is 0 Å². The Morgan fingerprint density at radius 2 is 2.19 bits per heavy atom. The summed E-state index contributed by atoms with van der Waals surface area (Å²) in [5.41, 5.74) is 0.920. The molecule has 0 bridgehead atoms. The number of carbonyl (C=O) groups is 1. The molecule has 0 unspecified atom stereocenters. The molecular weight excluding hydrogens is 249 g/mol. The number of halogens is 2. The molecule has 3 nitrogen and oxygen atoms in total. The lowest BCUT2D eigenvalue weighted by molar-refractivity contribution is -0.142. The van der Waals surface area contributed by atoms with Gasteiger partial charge in [0.1, 0.15) is 0 Å². The highest BCUT2D eigenvalue weighted by molar-refractivity contribution is 6.35. The highest BCUT2D eigenvalue weighted by Crippen LogP contribution is 2.21. The zero-order chi connectivity index (χ0) is 12.0. The maximum Gasteiger partial charge on any atom is 0.319 e. The number of rotatable bonds is 5. The first-order chi connectivity index (χ1) is 7.63. The van der Waals surface area contributed by atoms with Crippen LogP contribution in [-0.4, -0.2) is 26.2 Å².